The lowest BCUT2D eigenvalue weighted by atomic mass is 10.1. The van der Waals surface area contributed by atoms with Crippen LogP contribution in [-0.2, 0) is 17.1 Å². The Morgan fingerprint density at radius 2 is 2.21 bits per heavy atom. The van der Waals surface area contributed by atoms with Crippen LogP contribution in [0, 0.1) is 10.1 Å². The van der Waals surface area contributed by atoms with Gasteiger partial charge in [-0.25, -0.2) is 0 Å². The Hall–Kier alpha value is -3.11. The number of nitro groups is 1. The average molecular weight is 400 g/mol. The van der Waals surface area contributed by atoms with Crippen LogP contribution in [0.25, 0.3) is 5.69 Å². The number of benzene rings is 2. The summed E-state index contributed by atoms with van der Waals surface area (Å²) < 4.78 is 18.1. The van der Waals surface area contributed by atoms with Gasteiger partial charge in [0.05, 0.1) is 24.3 Å². The molecule has 2 heterocycles. The number of ether oxygens (including phenoxy) is 3. The average Bonchev–Trinajstić information content (AvgIpc) is 3.20. The third kappa shape index (κ3) is 3.51. The molecule has 0 unspecified atom stereocenters. The van der Waals surface area contributed by atoms with Gasteiger partial charge < -0.3 is 14.2 Å². The quantitative estimate of drug-likeness (QED) is 0.353. The smallest absolute Gasteiger partial charge is 0.270 e. The van der Waals surface area contributed by atoms with E-state index in [1.54, 1.807) is 13.4 Å². The van der Waals surface area contributed by atoms with E-state index in [9.17, 15) is 10.1 Å². The Kier molecular flexibility index (Phi) is 5.13. The monoisotopic (exact) mass is 400 g/mol. The van der Waals surface area contributed by atoms with E-state index >= 15 is 0 Å². The van der Waals surface area contributed by atoms with Crippen molar-refractivity contribution in [2.45, 2.75) is 17.5 Å². The van der Waals surface area contributed by atoms with Crippen molar-refractivity contribution < 1.29 is 19.1 Å². The normalized spacial score (nSPS) is 12.9. The van der Waals surface area contributed by atoms with Crippen molar-refractivity contribution in [3.8, 4) is 17.2 Å². The number of nitro benzene ring substituents is 1. The molecule has 1 aliphatic rings. The summed E-state index contributed by atoms with van der Waals surface area (Å²) in [7, 11) is 1.60. The van der Waals surface area contributed by atoms with E-state index in [0.717, 1.165) is 5.69 Å². The minimum Gasteiger partial charge on any atom is -0.495 e. The number of para-hydroxylation sites is 2. The molecular weight excluding hydrogens is 384 g/mol. The third-order valence-electron chi connectivity index (χ3n) is 4.20. The number of non-ortho nitro benzene ring substituents is 1. The van der Waals surface area contributed by atoms with Crippen LogP contribution < -0.4 is 9.47 Å². The second kappa shape index (κ2) is 7.87. The summed E-state index contributed by atoms with van der Waals surface area (Å²) in [5.74, 6) is 1.75. The molecule has 0 amide bonds. The van der Waals surface area contributed by atoms with Gasteiger partial charge in [-0.05, 0) is 12.1 Å². The highest BCUT2D eigenvalue weighted by Crippen LogP contribution is 2.36. The minimum absolute atomic E-state index is 0.00893. The fourth-order valence-corrected chi connectivity index (χ4v) is 3.84. The Balaban J connectivity index is 1.64. The van der Waals surface area contributed by atoms with Crippen LogP contribution in [0.15, 0.2) is 47.9 Å². The molecule has 1 aliphatic heterocycles. The highest BCUT2D eigenvalue weighted by molar-refractivity contribution is 7.98. The molecule has 0 radical (unpaired) electrons. The van der Waals surface area contributed by atoms with Crippen molar-refractivity contribution in [2.24, 2.45) is 0 Å². The molecule has 0 N–H and O–H groups in total. The first-order valence-electron chi connectivity index (χ1n) is 8.34. The van der Waals surface area contributed by atoms with Crippen LogP contribution in [0.3, 0.4) is 0 Å². The van der Waals surface area contributed by atoms with Crippen molar-refractivity contribution >= 4 is 17.4 Å². The van der Waals surface area contributed by atoms with Crippen LogP contribution in [0.4, 0.5) is 5.69 Å². The van der Waals surface area contributed by atoms with Gasteiger partial charge in [-0.3, -0.25) is 14.7 Å². The van der Waals surface area contributed by atoms with Gasteiger partial charge in [0.25, 0.3) is 5.69 Å². The van der Waals surface area contributed by atoms with Gasteiger partial charge in [0, 0.05) is 29.0 Å². The molecule has 0 aliphatic carbocycles. The van der Waals surface area contributed by atoms with Gasteiger partial charge in [-0.2, -0.15) is 0 Å². The molecule has 1 aromatic heterocycles. The van der Waals surface area contributed by atoms with E-state index in [1.165, 1.54) is 23.9 Å². The van der Waals surface area contributed by atoms with E-state index in [4.69, 9.17) is 14.2 Å². The van der Waals surface area contributed by atoms with Crippen LogP contribution in [0.1, 0.15) is 11.1 Å². The molecule has 0 saturated carbocycles. The first kappa shape index (κ1) is 18.3. The van der Waals surface area contributed by atoms with Crippen molar-refractivity contribution in [3.63, 3.8) is 0 Å². The first-order valence-corrected chi connectivity index (χ1v) is 9.33. The Bertz CT molecular complexity index is 1020. The summed E-state index contributed by atoms with van der Waals surface area (Å²) in [5, 5.41) is 20.1. The molecule has 2 aromatic carbocycles. The lowest BCUT2D eigenvalue weighted by Crippen LogP contribution is -2.13. The lowest BCUT2D eigenvalue weighted by molar-refractivity contribution is -0.385. The maximum atomic E-state index is 11.3. The minimum atomic E-state index is -0.416. The van der Waals surface area contributed by atoms with Gasteiger partial charge in [0.2, 0.25) is 0 Å². The SMILES string of the molecule is COc1ccccc1-n1cnnc1SCc1cc([N+](=O)[O-])cc2c1OCOC2. The molecule has 10 heteroatoms. The second-order valence-corrected chi connectivity index (χ2v) is 6.85. The van der Waals surface area contributed by atoms with E-state index in [0.29, 0.717) is 33.5 Å². The summed E-state index contributed by atoms with van der Waals surface area (Å²) in [6.45, 7) is 0.409. The predicted octanol–water partition coefficient (Wildman–Crippen LogP) is 3.34. The largest absolute Gasteiger partial charge is 0.495 e. The molecule has 0 fully saturated rings. The molecule has 0 saturated heterocycles. The maximum absolute atomic E-state index is 11.3. The van der Waals surface area contributed by atoms with Gasteiger partial charge in [-0.15, -0.1) is 10.2 Å². The third-order valence-corrected chi connectivity index (χ3v) is 5.19. The summed E-state index contributed by atoms with van der Waals surface area (Å²) in [5.41, 5.74) is 2.20. The standard InChI is InChI=1S/C18H16N4O5S/c1-25-16-5-3-2-4-15(16)21-10-19-20-18(21)28-9-13-7-14(22(23)24)6-12-8-26-11-27-17(12)13/h2-7,10H,8-9,11H2,1H3. The molecule has 3 aromatic rings. The van der Waals surface area contributed by atoms with E-state index < -0.39 is 4.92 Å². The lowest BCUT2D eigenvalue weighted by Gasteiger charge is -2.20. The number of thioether (sulfide) groups is 1. The van der Waals surface area contributed by atoms with Crippen LogP contribution >= 0.6 is 11.8 Å². The summed E-state index contributed by atoms with van der Waals surface area (Å²) >= 11 is 1.40. The summed E-state index contributed by atoms with van der Waals surface area (Å²) in [4.78, 5) is 10.8. The number of hydrogen-bond acceptors (Lipinski definition) is 8. The van der Waals surface area contributed by atoms with E-state index in [-0.39, 0.29) is 19.1 Å². The van der Waals surface area contributed by atoms with E-state index in [1.807, 2.05) is 28.8 Å². The Labute approximate surface area is 164 Å². The maximum Gasteiger partial charge on any atom is 0.270 e. The molecule has 9 nitrogen and oxygen atoms in total. The number of nitrogens with zero attached hydrogens (tertiary/aromatic N) is 4. The number of fused-ring (bicyclic) bond motifs is 1. The zero-order valence-corrected chi connectivity index (χ0v) is 15.7. The highest BCUT2D eigenvalue weighted by atomic mass is 32.2. The van der Waals surface area contributed by atoms with Crippen molar-refractivity contribution in [1.29, 1.82) is 0 Å². The molecule has 0 spiro atoms. The second-order valence-electron chi connectivity index (χ2n) is 5.90. The molecule has 0 bridgehead atoms. The summed E-state index contributed by atoms with van der Waals surface area (Å²) in [6.07, 6.45) is 1.60. The zero-order valence-electron chi connectivity index (χ0n) is 14.9. The molecule has 144 valence electrons. The van der Waals surface area contributed by atoms with Crippen LogP contribution in [-0.4, -0.2) is 33.6 Å². The van der Waals surface area contributed by atoms with Gasteiger partial charge in [0.15, 0.2) is 11.9 Å². The number of rotatable bonds is 6. The molecule has 0 atom stereocenters. The number of aromatic nitrogens is 3. The van der Waals surface area contributed by atoms with Gasteiger partial charge in [0.1, 0.15) is 17.8 Å². The molecular formula is C18H16N4O5S. The van der Waals surface area contributed by atoms with Gasteiger partial charge in [-0.1, -0.05) is 23.9 Å². The highest BCUT2D eigenvalue weighted by Gasteiger charge is 2.22. The molecule has 4 rings (SSSR count). The van der Waals surface area contributed by atoms with Crippen LogP contribution in [0.5, 0.6) is 11.5 Å². The topological polar surface area (TPSA) is 102 Å². The Morgan fingerprint density at radius 3 is 3.04 bits per heavy atom. The Morgan fingerprint density at radius 1 is 1.36 bits per heavy atom. The fraction of sp³-hybridized carbons (Fsp3) is 0.222. The number of hydrogen-bond donors (Lipinski definition) is 0. The predicted molar refractivity (Wildman–Crippen MR) is 101 cm³/mol. The number of methoxy groups -OCH3 is 1. The zero-order chi connectivity index (χ0) is 19.5. The molecule has 28 heavy (non-hydrogen) atoms. The van der Waals surface area contributed by atoms with Crippen molar-refractivity contribution in [2.75, 3.05) is 13.9 Å². The van der Waals surface area contributed by atoms with Crippen molar-refractivity contribution in [3.05, 3.63) is 64.0 Å². The first-order chi connectivity index (χ1) is 13.7. The van der Waals surface area contributed by atoms with E-state index in [2.05, 4.69) is 10.2 Å². The van der Waals surface area contributed by atoms with Crippen molar-refractivity contribution in [1.82, 2.24) is 14.8 Å². The fourth-order valence-electron chi connectivity index (χ4n) is 2.95. The van der Waals surface area contributed by atoms with Gasteiger partial charge >= 0.3 is 0 Å². The van der Waals surface area contributed by atoms with Crippen LogP contribution in [0.2, 0.25) is 0 Å². The summed E-state index contributed by atoms with van der Waals surface area (Å²) in [6, 6.07) is 10.6.